The molecule has 18 heavy (non-hydrogen) atoms. The van der Waals surface area contributed by atoms with E-state index in [4.69, 9.17) is 0 Å². The van der Waals surface area contributed by atoms with Gasteiger partial charge in [-0.1, -0.05) is 37.3 Å². The normalized spacial score (nSPS) is 12.6. The molecule has 0 aliphatic rings. The minimum atomic E-state index is 0.310. The Hall–Kier alpha value is -1.61. The third kappa shape index (κ3) is 2.79. The number of hydrogen-bond donors (Lipinski definition) is 1. The topological polar surface area (TPSA) is 29.9 Å². The third-order valence-electron chi connectivity index (χ3n) is 3.32. The van der Waals surface area contributed by atoms with Crippen LogP contribution in [0.2, 0.25) is 0 Å². The summed E-state index contributed by atoms with van der Waals surface area (Å²) in [6, 6.07) is 13.1. The molecule has 1 aromatic heterocycles. The maximum atomic E-state index is 4.52. The van der Waals surface area contributed by atoms with Gasteiger partial charge >= 0.3 is 0 Å². The standard InChI is InChI=1S/C15H21N3/c1-4-13-11-15(18(3)17-13)14(16-2)10-12-8-6-5-7-9-12/h5-9,11,14,16H,4,10H2,1-3H3. The third-order valence-corrected chi connectivity index (χ3v) is 3.32. The molecule has 1 N–H and O–H groups in total. The lowest BCUT2D eigenvalue weighted by atomic mass is 10.0. The van der Waals surface area contributed by atoms with Crippen LogP contribution in [0.3, 0.4) is 0 Å². The van der Waals surface area contributed by atoms with E-state index in [1.807, 2.05) is 18.8 Å². The molecular formula is C15H21N3. The molecule has 0 radical (unpaired) electrons. The molecule has 3 nitrogen and oxygen atoms in total. The van der Waals surface area contributed by atoms with Crippen LogP contribution in [0, 0.1) is 0 Å². The summed E-state index contributed by atoms with van der Waals surface area (Å²) in [7, 11) is 4.02. The smallest absolute Gasteiger partial charge is 0.0625 e. The molecule has 0 saturated heterocycles. The Morgan fingerprint density at radius 3 is 2.56 bits per heavy atom. The average Bonchev–Trinajstić information content (AvgIpc) is 2.78. The first-order valence-electron chi connectivity index (χ1n) is 6.48. The SMILES string of the molecule is CCc1cc(C(Cc2ccccc2)NC)n(C)n1. The Labute approximate surface area is 109 Å². The van der Waals surface area contributed by atoms with Crippen LogP contribution in [0.5, 0.6) is 0 Å². The molecule has 2 aromatic rings. The molecule has 1 atom stereocenters. The number of nitrogens with one attached hydrogen (secondary N) is 1. The molecule has 0 amide bonds. The van der Waals surface area contributed by atoms with Gasteiger partial charge in [-0.15, -0.1) is 0 Å². The van der Waals surface area contributed by atoms with Gasteiger partial charge in [0.15, 0.2) is 0 Å². The van der Waals surface area contributed by atoms with Gasteiger partial charge in [-0.05, 0) is 31.5 Å². The first-order valence-corrected chi connectivity index (χ1v) is 6.48. The molecule has 2 rings (SSSR count). The molecule has 0 aliphatic carbocycles. The maximum absolute atomic E-state index is 4.52. The highest BCUT2D eigenvalue weighted by Gasteiger charge is 2.15. The van der Waals surface area contributed by atoms with Gasteiger partial charge in [0.2, 0.25) is 0 Å². The van der Waals surface area contributed by atoms with Crippen LogP contribution >= 0.6 is 0 Å². The van der Waals surface area contributed by atoms with Crippen LogP contribution in [0.15, 0.2) is 36.4 Å². The van der Waals surface area contributed by atoms with E-state index in [1.165, 1.54) is 11.3 Å². The lowest BCUT2D eigenvalue weighted by Crippen LogP contribution is -2.21. The van der Waals surface area contributed by atoms with Crippen LogP contribution in [0.4, 0.5) is 0 Å². The van der Waals surface area contributed by atoms with Crippen LogP contribution < -0.4 is 5.32 Å². The number of hydrogen-bond acceptors (Lipinski definition) is 2. The predicted molar refractivity (Wildman–Crippen MR) is 74.5 cm³/mol. The number of benzene rings is 1. The van der Waals surface area contributed by atoms with Crippen molar-refractivity contribution < 1.29 is 0 Å². The van der Waals surface area contributed by atoms with Crippen molar-refractivity contribution in [1.29, 1.82) is 0 Å². The zero-order valence-corrected chi connectivity index (χ0v) is 11.4. The Morgan fingerprint density at radius 1 is 1.28 bits per heavy atom. The average molecular weight is 243 g/mol. The minimum Gasteiger partial charge on any atom is -0.311 e. The Balaban J connectivity index is 2.20. The van der Waals surface area contributed by atoms with E-state index in [-0.39, 0.29) is 0 Å². The van der Waals surface area contributed by atoms with Gasteiger partial charge < -0.3 is 5.32 Å². The second-order valence-corrected chi connectivity index (χ2v) is 4.57. The fourth-order valence-electron chi connectivity index (χ4n) is 2.25. The predicted octanol–water partition coefficient (Wildman–Crippen LogP) is 2.49. The second kappa shape index (κ2) is 5.83. The van der Waals surface area contributed by atoms with Crippen LogP contribution in [0.1, 0.15) is 29.9 Å². The van der Waals surface area contributed by atoms with E-state index in [0.717, 1.165) is 18.5 Å². The van der Waals surface area contributed by atoms with E-state index >= 15 is 0 Å². The van der Waals surface area contributed by atoms with Crippen molar-refractivity contribution in [1.82, 2.24) is 15.1 Å². The number of aromatic nitrogens is 2. The molecule has 0 saturated carbocycles. The molecule has 1 unspecified atom stereocenters. The van der Waals surface area contributed by atoms with Gasteiger partial charge in [0.1, 0.15) is 0 Å². The van der Waals surface area contributed by atoms with Crippen LogP contribution in [-0.4, -0.2) is 16.8 Å². The fourth-order valence-corrected chi connectivity index (χ4v) is 2.25. The molecule has 1 aromatic carbocycles. The van der Waals surface area contributed by atoms with Crippen LogP contribution in [0.25, 0.3) is 0 Å². The van der Waals surface area contributed by atoms with Gasteiger partial charge in [0.05, 0.1) is 17.4 Å². The zero-order chi connectivity index (χ0) is 13.0. The van der Waals surface area contributed by atoms with Gasteiger partial charge in [0.25, 0.3) is 0 Å². The van der Waals surface area contributed by atoms with Crippen molar-refractivity contribution in [3.05, 3.63) is 53.3 Å². The van der Waals surface area contributed by atoms with Crippen molar-refractivity contribution in [3.63, 3.8) is 0 Å². The molecule has 0 bridgehead atoms. The van der Waals surface area contributed by atoms with Gasteiger partial charge in [-0.3, -0.25) is 4.68 Å². The summed E-state index contributed by atoms with van der Waals surface area (Å²) >= 11 is 0. The summed E-state index contributed by atoms with van der Waals surface area (Å²) in [5.74, 6) is 0. The Kier molecular flexibility index (Phi) is 4.15. The quantitative estimate of drug-likeness (QED) is 0.874. The second-order valence-electron chi connectivity index (χ2n) is 4.57. The molecule has 0 aliphatic heterocycles. The zero-order valence-electron chi connectivity index (χ0n) is 11.4. The largest absolute Gasteiger partial charge is 0.311 e. The van der Waals surface area contributed by atoms with Crippen molar-refractivity contribution in [2.75, 3.05) is 7.05 Å². The van der Waals surface area contributed by atoms with Crippen molar-refractivity contribution in [2.45, 2.75) is 25.8 Å². The summed E-state index contributed by atoms with van der Waals surface area (Å²) < 4.78 is 1.99. The first-order chi connectivity index (χ1) is 8.74. The summed E-state index contributed by atoms with van der Waals surface area (Å²) in [6.45, 7) is 2.14. The van der Waals surface area contributed by atoms with E-state index in [2.05, 4.69) is 53.7 Å². The number of rotatable bonds is 5. The summed E-state index contributed by atoms with van der Waals surface area (Å²) in [5.41, 5.74) is 3.75. The van der Waals surface area contributed by atoms with Gasteiger partial charge in [-0.2, -0.15) is 5.10 Å². The molecular weight excluding hydrogens is 222 g/mol. The molecule has 3 heteroatoms. The molecule has 0 spiro atoms. The van der Waals surface area contributed by atoms with Crippen molar-refractivity contribution in [2.24, 2.45) is 7.05 Å². The van der Waals surface area contributed by atoms with E-state index in [1.54, 1.807) is 0 Å². The highest BCUT2D eigenvalue weighted by Crippen LogP contribution is 2.18. The Bertz CT molecular complexity index is 488. The lowest BCUT2D eigenvalue weighted by molar-refractivity contribution is 0.536. The van der Waals surface area contributed by atoms with Crippen molar-refractivity contribution >= 4 is 0 Å². The minimum absolute atomic E-state index is 0.310. The summed E-state index contributed by atoms with van der Waals surface area (Å²) in [5, 5.41) is 7.90. The van der Waals surface area contributed by atoms with Gasteiger partial charge in [-0.25, -0.2) is 0 Å². The first kappa shape index (κ1) is 12.8. The van der Waals surface area contributed by atoms with E-state index < -0.39 is 0 Å². The number of aryl methyl sites for hydroxylation is 2. The van der Waals surface area contributed by atoms with Crippen molar-refractivity contribution in [3.8, 4) is 0 Å². The lowest BCUT2D eigenvalue weighted by Gasteiger charge is -2.16. The number of nitrogens with zero attached hydrogens (tertiary/aromatic N) is 2. The summed E-state index contributed by atoms with van der Waals surface area (Å²) in [6.07, 6.45) is 1.97. The van der Waals surface area contributed by atoms with E-state index in [9.17, 15) is 0 Å². The fraction of sp³-hybridized carbons (Fsp3) is 0.400. The Morgan fingerprint density at radius 2 is 2.00 bits per heavy atom. The number of likely N-dealkylation sites (N-methyl/N-ethyl adjacent to an activating group) is 1. The van der Waals surface area contributed by atoms with Crippen LogP contribution in [-0.2, 0) is 19.9 Å². The summed E-state index contributed by atoms with van der Waals surface area (Å²) in [4.78, 5) is 0. The van der Waals surface area contributed by atoms with Gasteiger partial charge in [0, 0.05) is 7.05 Å². The highest BCUT2D eigenvalue weighted by atomic mass is 15.3. The highest BCUT2D eigenvalue weighted by molar-refractivity contribution is 5.21. The monoisotopic (exact) mass is 243 g/mol. The maximum Gasteiger partial charge on any atom is 0.0625 e. The molecule has 1 heterocycles. The molecule has 96 valence electrons. The van der Waals surface area contributed by atoms with E-state index in [0.29, 0.717) is 6.04 Å². The molecule has 0 fully saturated rings.